The smallest absolute Gasteiger partial charge is 0.200 e. The Kier molecular flexibility index (Phi) is 4.39. The molecule has 0 saturated heterocycles. The molecule has 100 valence electrons. The SMILES string of the molecule is Cc1ccc(Cl)cc1OCC(=O)c1ccc(C#N)cc1. The Morgan fingerprint density at radius 3 is 2.60 bits per heavy atom. The molecule has 2 aromatic rings. The molecular weight excluding hydrogens is 274 g/mol. The van der Waals surface area contributed by atoms with Crippen molar-refractivity contribution in [1.29, 1.82) is 5.26 Å². The van der Waals surface area contributed by atoms with Crippen LogP contribution in [0.25, 0.3) is 0 Å². The van der Waals surface area contributed by atoms with Crippen LogP contribution < -0.4 is 4.74 Å². The molecule has 0 bridgehead atoms. The standard InChI is InChI=1S/C16H12ClNO2/c1-11-2-7-14(17)8-16(11)20-10-15(19)13-5-3-12(9-18)4-6-13/h2-8H,10H2,1H3. The first-order valence-corrected chi connectivity index (χ1v) is 6.40. The molecule has 0 atom stereocenters. The van der Waals surface area contributed by atoms with E-state index in [4.69, 9.17) is 21.6 Å². The van der Waals surface area contributed by atoms with Crippen LogP contribution >= 0.6 is 11.6 Å². The van der Waals surface area contributed by atoms with E-state index in [-0.39, 0.29) is 12.4 Å². The molecule has 0 radical (unpaired) electrons. The van der Waals surface area contributed by atoms with E-state index in [9.17, 15) is 4.79 Å². The van der Waals surface area contributed by atoms with E-state index in [1.807, 2.05) is 19.1 Å². The Hall–Kier alpha value is -2.31. The van der Waals surface area contributed by atoms with Gasteiger partial charge in [0, 0.05) is 10.6 Å². The number of hydrogen-bond donors (Lipinski definition) is 0. The van der Waals surface area contributed by atoms with Gasteiger partial charge in [0.05, 0.1) is 11.6 Å². The minimum atomic E-state index is -0.145. The lowest BCUT2D eigenvalue weighted by atomic mass is 10.1. The van der Waals surface area contributed by atoms with Gasteiger partial charge in [0.25, 0.3) is 0 Å². The first-order chi connectivity index (χ1) is 9.60. The van der Waals surface area contributed by atoms with E-state index in [2.05, 4.69) is 0 Å². The summed E-state index contributed by atoms with van der Waals surface area (Å²) in [6, 6.07) is 13.8. The first-order valence-electron chi connectivity index (χ1n) is 6.02. The van der Waals surface area contributed by atoms with Crippen molar-refractivity contribution in [2.75, 3.05) is 6.61 Å². The zero-order valence-electron chi connectivity index (χ0n) is 10.9. The topological polar surface area (TPSA) is 50.1 Å². The molecule has 2 rings (SSSR count). The lowest BCUT2D eigenvalue weighted by Crippen LogP contribution is -2.12. The second-order valence-corrected chi connectivity index (χ2v) is 4.75. The summed E-state index contributed by atoms with van der Waals surface area (Å²) in [6.45, 7) is 1.82. The summed E-state index contributed by atoms with van der Waals surface area (Å²) in [4.78, 5) is 12.0. The fraction of sp³-hybridized carbons (Fsp3) is 0.125. The van der Waals surface area contributed by atoms with Gasteiger partial charge in [-0.15, -0.1) is 0 Å². The molecule has 0 aliphatic rings. The summed E-state index contributed by atoms with van der Waals surface area (Å²) in [6.07, 6.45) is 0. The van der Waals surface area contributed by atoms with E-state index >= 15 is 0 Å². The van der Waals surface area contributed by atoms with E-state index in [0.29, 0.717) is 21.9 Å². The molecule has 3 nitrogen and oxygen atoms in total. The van der Waals surface area contributed by atoms with Crippen molar-refractivity contribution in [3.63, 3.8) is 0 Å². The number of benzene rings is 2. The maximum absolute atomic E-state index is 12.0. The maximum Gasteiger partial charge on any atom is 0.200 e. The van der Waals surface area contributed by atoms with Gasteiger partial charge in [-0.05, 0) is 48.9 Å². The highest BCUT2D eigenvalue weighted by atomic mass is 35.5. The van der Waals surface area contributed by atoms with Gasteiger partial charge in [-0.2, -0.15) is 5.26 Å². The van der Waals surface area contributed by atoms with Gasteiger partial charge in [-0.3, -0.25) is 4.79 Å². The maximum atomic E-state index is 12.0. The largest absolute Gasteiger partial charge is 0.485 e. The quantitative estimate of drug-likeness (QED) is 0.803. The fourth-order valence-electron chi connectivity index (χ4n) is 1.69. The molecule has 0 saturated carbocycles. The van der Waals surface area contributed by atoms with E-state index in [1.165, 1.54) is 0 Å². The zero-order valence-corrected chi connectivity index (χ0v) is 11.6. The molecule has 20 heavy (non-hydrogen) atoms. The Balaban J connectivity index is 2.04. The van der Waals surface area contributed by atoms with Crippen molar-refractivity contribution in [3.05, 3.63) is 64.2 Å². The van der Waals surface area contributed by atoms with Gasteiger partial charge < -0.3 is 4.74 Å². The van der Waals surface area contributed by atoms with Gasteiger partial charge >= 0.3 is 0 Å². The molecule has 0 spiro atoms. The normalized spacial score (nSPS) is 9.85. The molecule has 0 aliphatic carbocycles. The molecule has 0 aromatic heterocycles. The van der Waals surface area contributed by atoms with Crippen LogP contribution in [0.15, 0.2) is 42.5 Å². The summed E-state index contributed by atoms with van der Waals surface area (Å²) in [5.41, 5.74) is 1.96. The number of Topliss-reactive ketones (excluding diaryl/α,β-unsaturated/α-hetero) is 1. The van der Waals surface area contributed by atoms with Crippen LogP contribution in [0, 0.1) is 18.3 Å². The Morgan fingerprint density at radius 1 is 1.25 bits per heavy atom. The van der Waals surface area contributed by atoms with Crippen molar-refractivity contribution >= 4 is 17.4 Å². The second kappa shape index (κ2) is 6.23. The number of nitrogens with zero attached hydrogens (tertiary/aromatic N) is 1. The first kappa shape index (κ1) is 14.1. The highest BCUT2D eigenvalue weighted by molar-refractivity contribution is 6.30. The van der Waals surface area contributed by atoms with E-state index in [1.54, 1.807) is 36.4 Å². The van der Waals surface area contributed by atoms with Gasteiger partial charge in [-0.1, -0.05) is 17.7 Å². The van der Waals surface area contributed by atoms with Crippen LogP contribution in [0.4, 0.5) is 0 Å². The van der Waals surface area contributed by atoms with Gasteiger partial charge in [-0.25, -0.2) is 0 Å². The van der Waals surface area contributed by atoms with Crippen LogP contribution in [0.2, 0.25) is 5.02 Å². The monoisotopic (exact) mass is 285 g/mol. The predicted octanol–water partition coefficient (Wildman–Crippen LogP) is 3.78. The van der Waals surface area contributed by atoms with Crippen molar-refractivity contribution in [2.24, 2.45) is 0 Å². The minimum Gasteiger partial charge on any atom is -0.485 e. The van der Waals surface area contributed by atoms with Crippen LogP contribution in [-0.4, -0.2) is 12.4 Å². The molecule has 0 unspecified atom stereocenters. The third-order valence-corrected chi connectivity index (χ3v) is 3.08. The molecular formula is C16H12ClNO2. The minimum absolute atomic E-state index is 0.0624. The van der Waals surface area contributed by atoms with Crippen LogP contribution in [-0.2, 0) is 0 Å². The van der Waals surface area contributed by atoms with Gasteiger partial charge in [0.2, 0.25) is 0 Å². The number of nitriles is 1. The Labute approximate surface area is 122 Å². The van der Waals surface area contributed by atoms with E-state index in [0.717, 1.165) is 5.56 Å². The average Bonchev–Trinajstić information content (AvgIpc) is 2.48. The van der Waals surface area contributed by atoms with Crippen molar-refractivity contribution in [1.82, 2.24) is 0 Å². The zero-order chi connectivity index (χ0) is 14.5. The summed E-state index contributed by atoms with van der Waals surface area (Å²) >= 11 is 5.89. The molecule has 4 heteroatoms. The number of rotatable bonds is 4. The molecule has 0 amide bonds. The summed E-state index contributed by atoms with van der Waals surface area (Å²) in [5.74, 6) is 0.452. The highest BCUT2D eigenvalue weighted by Gasteiger charge is 2.08. The number of carbonyl (C=O) groups excluding carboxylic acids is 1. The fourth-order valence-corrected chi connectivity index (χ4v) is 1.85. The second-order valence-electron chi connectivity index (χ2n) is 4.31. The number of halogens is 1. The highest BCUT2D eigenvalue weighted by Crippen LogP contribution is 2.22. The number of ketones is 1. The summed E-state index contributed by atoms with van der Waals surface area (Å²) in [5, 5.41) is 9.27. The van der Waals surface area contributed by atoms with Crippen molar-refractivity contribution in [3.8, 4) is 11.8 Å². The predicted molar refractivity (Wildman–Crippen MR) is 77.2 cm³/mol. The molecule has 0 heterocycles. The summed E-state index contributed by atoms with van der Waals surface area (Å²) < 4.78 is 5.49. The van der Waals surface area contributed by atoms with Crippen molar-refractivity contribution < 1.29 is 9.53 Å². The molecule has 0 N–H and O–H groups in total. The number of hydrogen-bond acceptors (Lipinski definition) is 3. The number of aryl methyl sites for hydroxylation is 1. The third kappa shape index (κ3) is 3.37. The van der Waals surface area contributed by atoms with Crippen LogP contribution in [0.1, 0.15) is 21.5 Å². The lowest BCUT2D eigenvalue weighted by Gasteiger charge is -2.08. The number of ether oxygens (including phenoxy) is 1. The molecule has 0 aliphatic heterocycles. The number of carbonyl (C=O) groups is 1. The van der Waals surface area contributed by atoms with Gasteiger partial charge in [0.15, 0.2) is 12.4 Å². The Bertz CT molecular complexity index is 672. The molecule has 2 aromatic carbocycles. The van der Waals surface area contributed by atoms with Crippen LogP contribution in [0.5, 0.6) is 5.75 Å². The lowest BCUT2D eigenvalue weighted by molar-refractivity contribution is 0.0921. The van der Waals surface area contributed by atoms with Gasteiger partial charge in [0.1, 0.15) is 5.75 Å². The van der Waals surface area contributed by atoms with Crippen molar-refractivity contribution in [2.45, 2.75) is 6.92 Å². The van der Waals surface area contributed by atoms with E-state index < -0.39 is 0 Å². The third-order valence-electron chi connectivity index (χ3n) is 2.84. The summed E-state index contributed by atoms with van der Waals surface area (Å²) in [7, 11) is 0. The Morgan fingerprint density at radius 2 is 1.95 bits per heavy atom. The molecule has 0 fully saturated rings. The van der Waals surface area contributed by atoms with Crippen LogP contribution in [0.3, 0.4) is 0 Å². The average molecular weight is 286 g/mol.